The second kappa shape index (κ2) is 6.33. The van der Waals surface area contributed by atoms with Crippen molar-refractivity contribution in [2.75, 3.05) is 12.4 Å². The Balaban J connectivity index is 2.15. The van der Waals surface area contributed by atoms with E-state index in [-0.39, 0.29) is 23.0 Å². The van der Waals surface area contributed by atoms with Gasteiger partial charge in [0.05, 0.1) is 7.11 Å². The monoisotopic (exact) mass is 303 g/mol. The molecule has 0 aliphatic heterocycles. The first kappa shape index (κ1) is 14.9. The molecule has 4 nitrogen and oxygen atoms in total. The quantitative estimate of drug-likeness (QED) is 0.847. The predicted octanol–water partition coefficient (Wildman–Crippen LogP) is 3.71. The van der Waals surface area contributed by atoms with Crippen molar-refractivity contribution in [2.24, 2.45) is 0 Å². The molecule has 2 N–H and O–H groups in total. The van der Waals surface area contributed by atoms with Crippen molar-refractivity contribution in [2.45, 2.75) is 0 Å². The van der Waals surface area contributed by atoms with Gasteiger partial charge in [0.15, 0.2) is 11.5 Å². The maximum absolute atomic E-state index is 12.1. The van der Waals surface area contributed by atoms with Crippen LogP contribution in [0.15, 0.2) is 49.0 Å². The largest absolute Gasteiger partial charge is 0.504 e. The van der Waals surface area contributed by atoms with Crippen LogP contribution < -0.4 is 10.1 Å². The highest BCUT2D eigenvalue weighted by Gasteiger charge is 2.12. The van der Waals surface area contributed by atoms with Gasteiger partial charge in [0.1, 0.15) is 0 Å². The average molecular weight is 304 g/mol. The molecular formula is C16H14ClNO3. The molecular weight excluding hydrogens is 290 g/mol. The number of benzene rings is 2. The molecule has 0 unspecified atom stereocenters. The molecule has 0 saturated carbocycles. The van der Waals surface area contributed by atoms with Crippen molar-refractivity contribution in [3.63, 3.8) is 0 Å². The van der Waals surface area contributed by atoms with Gasteiger partial charge in [-0.05, 0) is 42.0 Å². The van der Waals surface area contributed by atoms with E-state index in [4.69, 9.17) is 16.3 Å². The van der Waals surface area contributed by atoms with Gasteiger partial charge < -0.3 is 15.2 Å². The average Bonchev–Trinajstić information content (AvgIpc) is 2.49. The second-order valence-electron chi connectivity index (χ2n) is 4.33. The summed E-state index contributed by atoms with van der Waals surface area (Å²) in [6.07, 6.45) is 0. The lowest BCUT2D eigenvalue weighted by atomic mass is 10.1. The van der Waals surface area contributed by atoms with E-state index >= 15 is 0 Å². The van der Waals surface area contributed by atoms with Crippen LogP contribution in [0, 0.1) is 0 Å². The van der Waals surface area contributed by atoms with E-state index < -0.39 is 0 Å². The molecule has 2 rings (SSSR count). The van der Waals surface area contributed by atoms with Gasteiger partial charge in [0.25, 0.3) is 5.91 Å². The topological polar surface area (TPSA) is 58.6 Å². The van der Waals surface area contributed by atoms with Crippen molar-refractivity contribution in [3.05, 3.63) is 59.6 Å². The summed E-state index contributed by atoms with van der Waals surface area (Å²) in [6.45, 7) is 3.77. The zero-order valence-electron chi connectivity index (χ0n) is 11.4. The summed E-state index contributed by atoms with van der Waals surface area (Å²) in [5, 5.41) is 12.9. The maximum atomic E-state index is 12.1. The Bertz CT molecular complexity index is 680. The molecule has 0 aliphatic rings. The lowest BCUT2D eigenvalue weighted by Crippen LogP contribution is -2.12. The molecule has 0 atom stereocenters. The second-order valence-corrected chi connectivity index (χ2v) is 4.76. The van der Waals surface area contributed by atoms with Crippen LogP contribution in [0.5, 0.6) is 11.5 Å². The first-order valence-electron chi connectivity index (χ1n) is 6.14. The van der Waals surface area contributed by atoms with Crippen LogP contribution in [-0.4, -0.2) is 18.1 Å². The number of phenols is 1. The number of carbonyl (C=O) groups is 1. The highest BCUT2D eigenvalue weighted by molar-refractivity contribution is 6.30. The van der Waals surface area contributed by atoms with Gasteiger partial charge in [0, 0.05) is 16.3 Å². The van der Waals surface area contributed by atoms with E-state index in [1.54, 1.807) is 36.4 Å². The molecule has 2 aromatic carbocycles. The first-order chi connectivity index (χ1) is 10.0. The van der Waals surface area contributed by atoms with Gasteiger partial charge in [-0.3, -0.25) is 4.79 Å². The zero-order valence-corrected chi connectivity index (χ0v) is 12.1. The number of anilines is 1. The van der Waals surface area contributed by atoms with Crippen molar-refractivity contribution >= 4 is 28.8 Å². The Labute approximate surface area is 127 Å². The number of amides is 1. The highest BCUT2D eigenvalue weighted by atomic mass is 35.5. The number of ether oxygens (including phenoxy) is 1. The minimum atomic E-state index is -0.343. The molecule has 1 amide bonds. The van der Waals surface area contributed by atoms with Crippen molar-refractivity contribution in [3.8, 4) is 11.5 Å². The number of aromatic hydroxyl groups is 1. The Morgan fingerprint density at radius 3 is 2.52 bits per heavy atom. The Kier molecular flexibility index (Phi) is 4.50. The van der Waals surface area contributed by atoms with Gasteiger partial charge in [-0.2, -0.15) is 0 Å². The lowest BCUT2D eigenvalue weighted by molar-refractivity contribution is -0.111. The number of carbonyl (C=O) groups excluding carboxylic acids is 1. The summed E-state index contributed by atoms with van der Waals surface area (Å²) in [4.78, 5) is 12.1. The molecule has 0 saturated heterocycles. The molecule has 0 spiro atoms. The number of nitrogens with one attached hydrogen (secondary N) is 1. The molecule has 21 heavy (non-hydrogen) atoms. The molecule has 5 heteroatoms. The number of methoxy groups -OCH3 is 1. The maximum Gasteiger partial charge on any atom is 0.255 e. The minimum absolute atomic E-state index is 0.00663. The van der Waals surface area contributed by atoms with Crippen LogP contribution in [0.2, 0.25) is 5.02 Å². The standard InChI is InChI=1S/C16H14ClNO3/c1-10(11-3-8-14(19)15(9-11)21-2)16(20)18-13-6-4-12(17)5-7-13/h3-9,19H,1H2,2H3,(H,18,20). The normalized spacial score (nSPS) is 10.0. The summed E-state index contributed by atoms with van der Waals surface area (Å²) in [6, 6.07) is 11.4. The van der Waals surface area contributed by atoms with E-state index in [9.17, 15) is 9.90 Å². The van der Waals surface area contributed by atoms with Crippen LogP contribution in [0.25, 0.3) is 5.57 Å². The summed E-state index contributed by atoms with van der Waals surface area (Å²) < 4.78 is 5.01. The van der Waals surface area contributed by atoms with E-state index in [0.717, 1.165) is 0 Å². The fourth-order valence-electron chi connectivity index (χ4n) is 1.74. The van der Waals surface area contributed by atoms with E-state index in [1.807, 2.05) is 0 Å². The molecule has 0 bridgehead atoms. The van der Waals surface area contributed by atoms with Crippen molar-refractivity contribution in [1.29, 1.82) is 0 Å². The van der Waals surface area contributed by atoms with Gasteiger partial charge in [-0.25, -0.2) is 0 Å². The molecule has 0 radical (unpaired) electrons. The number of phenolic OH excluding ortho intramolecular Hbond substituents is 1. The predicted molar refractivity (Wildman–Crippen MR) is 83.8 cm³/mol. The summed E-state index contributed by atoms with van der Waals surface area (Å²) in [5.74, 6) is -0.0508. The fraction of sp³-hybridized carbons (Fsp3) is 0.0625. The number of hydrogen-bond donors (Lipinski definition) is 2. The van der Waals surface area contributed by atoms with Gasteiger partial charge in [-0.15, -0.1) is 0 Å². The minimum Gasteiger partial charge on any atom is -0.504 e. The van der Waals surface area contributed by atoms with Crippen LogP contribution in [0.1, 0.15) is 5.56 Å². The van der Waals surface area contributed by atoms with Gasteiger partial charge >= 0.3 is 0 Å². The Morgan fingerprint density at radius 1 is 1.24 bits per heavy atom. The van der Waals surface area contributed by atoms with Crippen LogP contribution in [0.3, 0.4) is 0 Å². The highest BCUT2D eigenvalue weighted by Crippen LogP contribution is 2.29. The SMILES string of the molecule is C=C(C(=O)Nc1ccc(Cl)cc1)c1ccc(O)c(OC)c1. The number of rotatable bonds is 4. The van der Waals surface area contributed by atoms with E-state index in [1.165, 1.54) is 13.2 Å². The molecule has 2 aromatic rings. The van der Waals surface area contributed by atoms with Crippen molar-refractivity contribution in [1.82, 2.24) is 0 Å². The van der Waals surface area contributed by atoms with Gasteiger partial charge in [-0.1, -0.05) is 24.2 Å². The number of hydrogen-bond acceptors (Lipinski definition) is 3. The fourth-order valence-corrected chi connectivity index (χ4v) is 1.86. The number of halogens is 1. The Hall–Kier alpha value is -2.46. The first-order valence-corrected chi connectivity index (χ1v) is 6.52. The van der Waals surface area contributed by atoms with Gasteiger partial charge in [0.2, 0.25) is 0 Å². The zero-order chi connectivity index (χ0) is 15.4. The molecule has 0 fully saturated rings. The van der Waals surface area contributed by atoms with E-state index in [0.29, 0.717) is 16.3 Å². The third-order valence-electron chi connectivity index (χ3n) is 2.90. The molecule has 0 heterocycles. The summed E-state index contributed by atoms with van der Waals surface area (Å²) >= 11 is 5.79. The summed E-state index contributed by atoms with van der Waals surface area (Å²) in [5.41, 5.74) is 1.45. The molecule has 0 aliphatic carbocycles. The Morgan fingerprint density at radius 2 is 1.90 bits per heavy atom. The van der Waals surface area contributed by atoms with Crippen LogP contribution in [0.4, 0.5) is 5.69 Å². The molecule has 0 aromatic heterocycles. The van der Waals surface area contributed by atoms with Crippen molar-refractivity contribution < 1.29 is 14.6 Å². The summed E-state index contributed by atoms with van der Waals surface area (Å²) in [7, 11) is 1.44. The lowest BCUT2D eigenvalue weighted by Gasteiger charge is -2.10. The molecule has 108 valence electrons. The van der Waals surface area contributed by atoms with E-state index in [2.05, 4.69) is 11.9 Å². The van der Waals surface area contributed by atoms with Crippen LogP contribution >= 0.6 is 11.6 Å². The third kappa shape index (κ3) is 3.55. The smallest absolute Gasteiger partial charge is 0.255 e. The third-order valence-corrected chi connectivity index (χ3v) is 3.16. The van der Waals surface area contributed by atoms with Crippen LogP contribution in [-0.2, 0) is 4.79 Å².